The number of nitrogens with one attached hydrogen (secondary N) is 1. The van der Waals surface area contributed by atoms with Gasteiger partial charge >= 0.3 is 5.97 Å². The number of aryl methyl sites for hydroxylation is 2. The molecular weight excluding hydrogens is 194 g/mol. The molecule has 1 heterocycles. The summed E-state index contributed by atoms with van der Waals surface area (Å²) in [5.74, 6) is 0.0647. The molecule has 0 radical (unpaired) electrons. The molecule has 5 heteroatoms. The Bertz CT molecular complexity index is 349. The first-order valence-corrected chi connectivity index (χ1v) is 5.13. The Kier molecular flexibility index (Phi) is 2.73. The van der Waals surface area contributed by atoms with E-state index < -0.39 is 12.0 Å². The minimum Gasteiger partial charge on any atom is -0.468 e. The molecule has 1 atom stereocenters. The molecule has 0 saturated carbocycles. The van der Waals surface area contributed by atoms with Gasteiger partial charge in [0.05, 0.1) is 12.8 Å². The summed E-state index contributed by atoms with van der Waals surface area (Å²) in [6, 6.07) is -0.791. The highest BCUT2D eigenvalue weighted by atomic mass is 16.5. The van der Waals surface area contributed by atoms with Crippen molar-refractivity contribution < 1.29 is 9.53 Å². The van der Waals surface area contributed by atoms with Crippen LogP contribution in [0, 0.1) is 0 Å². The zero-order valence-corrected chi connectivity index (χ0v) is 8.75. The lowest BCUT2D eigenvalue weighted by Gasteiger charge is -2.07. The molecule has 15 heavy (non-hydrogen) atoms. The van der Waals surface area contributed by atoms with Crippen molar-refractivity contribution in [1.29, 1.82) is 0 Å². The number of rotatable bonds is 2. The van der Waals surface area contributed by atoms with Crippen LogP contribution in [0.5, 0.6) is 0 Å². The lowest BCUT2D eigenvalue weighted by atomic mass is 10.0. The molecule has 1 aliphatic rings. The van der Waals surface area contributed by atoms with E-state index in [1.165, 1.54) is 13.5 Å². The van der Waals surface area contributed by atoms with E-state index in [2.05, 4.69) is 14.7 Å². The SMILES string of the molecule is COC(=O)[C@@H](N)c1nc2c([nH]1)CCCC2. The van der Waals surface area contributed by atoms with E-state index >= 15 is 0 Å². The number of methoxy groups -OCH3 is 1. The second-order valence-electron chi connectivity index (χ2n) is 3.76. The Morgan fingerprint density at radius 3 is 2.93 bits per heavy atom. The van der Waals surface area contributed by atoms with Gasteiger partial charge in [-0.3, -0.25) is 0 Å². The number of esters is 1. The summed E-state index contributed by atoms with van der Waals surface area (Å²) < 4.78 is 4.57. The number of carbonyl (C=O) groups is 1. The largest absolute Gasteiger partial charge is 0.468 e. The summed E-state index contributed by atoms with van der Waals surface area (Å²) in [6.07, 6.45) is 4.29. The van der Waals surface area contributed by atoms with Crippen LogP contribution in [0.15, 0.2) is 0 Å². The van der Waals surface area contributed by atoms with Crippen LogP contribution in [0.2, 0.25) is 0 Å². The average molecular weight is 209 g/mol. The van der Waals surface area contributed by atoms with Crippen molar-refractivity contribution in [3.63, 3.8) is 0 Å². The molecule has 0 fully saturated rings. The number of ether oxygens (including phenoxy) is 1. The zero-order valence-electron chi connectivity index (χ0n) is 8.75. The van der Waals surface area contributed by atoms with E-state index in [1.54, 1.807) is 0 Å². The number of hydrogen-bond acceptors (Lipinski definition) is 4. The van der Waals surface area contributed by atoms with Gasteiger partial charge in [-0.25, -0.2) is 9.78 Å². The first-order valence-electron chi connectivity index (χ1n) is 5.13. The van der Waals surface area contributed by atoms with Gasteiger partial charge in [-0.2, -0.15) is 0 Å². The molecule has 0 aliphatic heterocycles. The Balaban J connectivity index is 2.22. The zero-order chi connectivity index (χ0) is 10.8. The number of carbonyl (C=O) groups excluding carboxylic acids is 1. The first-order chi connectivity index (χ1) is 7.22. The van der Waals surface area contributed by atoms with Gasteiger partial charge in [0.15, 0.2) is 6.04 Å². The first kappa shape index (κ1) is 10.2. The summed E-state index contributed by atoms with van der Waals surface area (Å²) in [5.41, 5.74) is 7.87. The third kappa shape index (κ3) is 1.87. The van der Waals surface area contributed by atoms with Crippen molar-refractivity contribution in [2.45, 2.75) is 31.7 Å². The van der Waals surface area contributed by atoms with Gasteiger partial charge in [0, 0.05) is 5.69 Å². The van der Waals surface area contributed by atoms with Gasteiger partial charge < -0.3 is 15.5 Å². The Labute approximate surface area is 88.0 Å². The second kappa shape index (κ2) is 4.02. The van der Waals surface area contributed by atoms with Crippen LogP contribution in [0.3, 0.4) is 0 Å². The summed E-state index contributed by atoms with van der Waals surface area (Å²) in [6.45, 7) is 0. The third-order valence-electron chi connectivity index (χ3n) is 2.72. The van der Waals surface area contributed by atoms with Gasteiger partial charge in [0.1, 0.15) is 5.82 Å². The molecule has 0 spiro atoms. The lowest BCUT2D eigenvalue weighted by molar-refractivity contribution is -0.142. The number of H-pyrrole nitrogens is 1. The van der Waals surface area contributed by atoms with E-state index in [9.17, 15) is 4.79 Å². The summed E-state index contributed by atoms with van der Waals surface area (Å²) in [7, 11) is 1.32. The molecule has 0 amide bonds. The maximum absolute atomic E-state index is 11.2. The second-order valence-corrected chi connectivity index (χ2v) is 3.76. The maximum Gasteiger partial charge on any atom is 0.330 e. The summed E-state index contributed by atoms with van der Waals surface area (Å²) in [4.78, 5) is 18.7. The number of aromatic nitrogens is 2. The molecule has 3 N–H and O–H groups in total. The average Bonchev–Trinajstić information content (AvgIpc) is 2.70. The van der Waals surface area contributed by atoms with Crippen LogP contribution in [-0.2, 0) is 22.4 Å². The van der Waals surface area contributed by atoms with E-state index in [-0.39, 0.29) is 0 Å². The standard InChI is InChI=1S/C10H15N3O2/c1-15-10(14)8(11)9-12-6-4-2-3-5-7(6)13-9/h8H,2-5,11H2,1H3,(H,12,13)/t8-/m0/s1. The topological polar surface area (TPSA) is 81.0 Å². The minimum absolute atomic E-state index is 0.457. The van der Waals surface area contributed by atoms with Gasteiger partial charge in [-0.05, 0) is 25.7 Å². The van der Waals surface area contributed by atoms with Gasteiger partial charge in [0.25, 0.3) is 0 Å². The van der Waals surface area contributed by atoms with Crippen molar-refractivity contribution in [3.8, 4) is 0 Å². The number of aromatic amines is 1. The number of hydrogen-bond donors (Lipinski definition) is 2. The quantitative estimate of drug-likeness (QED) is 0.693. The number of nitrogens with zero attached hydrogens (tertiary/aromatic N) is 1. The van der Waals surface area contributed by atoms with Crippen molar-refractivity contribution in [3.05, 3.63) is 17.2 Å². The highest BCUT2D eigenvalue weighted by Gasteiger charge is 2.22. The van der Waals surface area contributed by atoms with Crippen LogP contribution in [0.25, 0.3) is 0 Å². The van der Waals surface area contributed by atoms with Crippen LogP contribution < -0.4 is 5.73 Å². The summed E-state index contributed by atoms with van der Waals surface area (Å²) in [5, 5.41) is 0. The fraction of sp³-hybridized carbons (Fsp3) is 0.600. The van der Waals surface area contributed by atoms with Gasteiger partial charge in [-0.1, -0.05) is 0 Å². The van der Waals surface area contributed by atoms with Crippen LogP contribution in [-0.4, -0.2) is 23.0 Å². The molecule has 1 aliphatic carbocycles. The molecular formula is C10H15N3O2. The van der Waals surface area contributed by atoms with E-state index in [1.807, 2.05) is 0 Å². The normalized spacial score (nSPS) is 16.9. The smallest absolute Gasteiger partial charge is 0.330 e. The molecule has 2 rings (SSSR count). The van der Waals surface area contributed by atoms with Crippen LogP contribution >= 0.6 is 0 Å². The molecule has 0 saturated heterocycles. The lowest BCUT2D eigenvalue weighted by Crippen LogP contribution is -2.23. The molecule has 0 bridgehead atoms. The number of fused-ring (bicyclic) bond motifs is 1. The Morgan fingerprint density at radius 2 is 2.27 bits per heavy atom. The monoisotopic (exact) mass is 209 g/mol. The molecule has 82 valence electrons. The fourth-order valence-electron chi connectivity index (χ4n) is 1.86. The predicted octanol–water partition coefficient (Wildman–Crippen LogP) is 0.461. The maximum atomic E-state index is 11.2. The van der Waals surface area contributed by atoms with Crippen molar-refractivity contribution in [2.75, 3.05) is 7.11 Å². The van der Waals surface area contributed by atoms with Crippen LogP contribution in [0.1, 0.15) is 36.1 Å². The van der Waals surface area contributed by atoms with E-state index in [4.69, 9.17) is 5.73 Å². The summed E-state index contributed by atoms with van der Waals surface area (Å²) >= 11 is 0. The number of nitrogens with two attached hydrogens (primary N) is 1. The molecule has 5 nitrogen and oxygen atoms in total. The van der Waals surface area contributed by atoms with Crippen LogP contribution in [0.4, 0.5) is 0 Å². The Morgan fingerprint density at radius 1 is 1.53 bits per heavy atom. The van der Waals surface area contributed by atoms with E-state index in [0.29, 0.717) is 5.82 Å². The minimum atomic E-state index is -0.791. The molecule has 0 unspecified atom stereocenters. The number of imidazole rings is 1. The van der Waals surface area contributed by atoms with Crippen molar-refractivity contribution in [1.82, 2.24) is 9.97 Å². The van der Waals surface area contributed by atoms with Gasteiger partial charge in [0.2, 0.25) is 0 Å². The molecule has 0 aromatic carbocycles. The van der Waals surface area contributed by atoms with Crippen molar-refractivity contribution in [2.24, 2.45) is 5.73 Å². The highest BCUT2D eigenvalue weighted by molar-refractivity contribution is 5.76. The predicted molar refractivity (Wildman–Crippen MR) is 54.2 cm³/mol. The fourth-order valence-corrected chi connectivity index (χ4v) is 1.86. The van der Waals surface area contributed by atoms with Crippen molar-refractivity contribution >= 4 is 5.97 Å². The third-order valence-corrected chi connectivity index (χ3v) is 2.72. The molecule has 1 aromatic heterocycles. The van der Waals surface area contributed by atoms with Gasteiger partial charge in [-0.15, -0.1) is 0 Å². The molecule has 1 aromatic rings. The Hall–Kier alpha value is -1.36. The van der Waals surface area contributed by atoms with E-state index in [0.717, 1.165) is 30.7 Å². The highest BCUT2D eigenvalue weighted by Crippen LogP contribution is 2.20.